The van der Waals surface area contributed by atoms with Crippen LogP contribution in [0.5, 0.6) is 0 Å². The molecule has 0 aliphatic heterocycles. The molecular weight excluding hydrogens is 154 g/mol. The molecule has 11 heavy (non-hydrogen) atoms. The summed E-state index contributed by atoms with van der Waals surface area (Å²) in [5, 5.41) is 2.18. The summed E-state index contributed by atoms with van der Waals surface area (Å²) in [5.41, 5.74) is 7.22. The van der Waals surface area contributed by atoms with Crippen LogP contribution >= 0.6 is 11.3 Å². The van der Waals surface area contributed by atoms with Crippen LogP contribution in [0, 0.1) is 5.92 Å². The Kier molecular flexibility index (Phi) is 1.74. The molecule has 0 aromatic carbocycles. The van der Waals surface area contributed by atoms with Gasteiger partial charge in [-0.2, -0.15) is 0 Å². The third-order valence-corrected chi connectivity index (χ3v) is 3.59. The lowest BCUT2D eigenvalue weighted by molar-refractivity contribution is 0.506. The van der Waals surface area contributed by atoms with Crippen LogP contribution in [-0.2, 0) is 6.42 Å². The van der Waals surface area contributed by atoms with Crippen molar-refractivity contribution in [3.63, 3.8) is 0 Å². The SMILES string of the molecule is CC1Cc2sccc2C1CN. The van der Waals surface area contributed by atoms with E-state index in [1.807, 2.05) is 11.3 Å². The van der Waals surface area contributed by atoms with Crippen LogP contribution in [0.4, 0.5) is 0 Å². The maximum absolute atomic E-state index is 5.70. The predicted molar refractivity (Wildman–Crippen MR) is 49.0 cm³/mol. The molecule has 1 aromatic heterocycles. The Morgan fingerprint density at radius 1 is 1.73 bits per heavy atom. The van der Waals surface area contributed by atoms with E-state index in [4.69, 9.17) is 5.73 Å². The van der Waals surface area contributed by atoms with Gasteiger partial charge in [-0.3, -0.25) is 0 Å². The Morgan fingerprint density at radius 2 is 2.55 bits per heavy atom. The largest absolute Gasteiger partial charge is 0.330 e. The van der Waals surface area contributed by atoms with Gasteiger partial charge in [0.2, 0.25) is 0 Å². The van der Waals surface area contributed by atoms with E-state index in [9.17, 15) is 0 Å². The van der Waals surface area contributed by atoms with Crippen molar-refractivity contribution >= 4 is 11.3 Å². The van der Waals surface area contributed by atoms with Crippen LogP contribution < -0.4 is 5.73 Å². The zero-order chi connectivity index (χ0) is 7.84. The predicted octanol–water partition coefficient (Wildman–Crippen LogP) is 1.98. The Labute approximate surface area is 71.2 Å². The number of nitrogens with two attached hydrogens (primary N) is 1. The molecule has 0 fully saturated rings. The summed E-state index contributed by atoms with van der Waals surface area (Å²) in [6, 6.07) is 2.24. The molecule has 0 bridgehead atoms. The van der Waals surface area contributed by atoms with E-state index in [1.165, 1.54) is 12.0 Å². The highest BCUT2D eigenvalue weighted by Crippen LogP contribution is 2.39. The minimum atomic E-state index is 0.635. The van der Waals surface area contributed by atoms with Crippen LogP contribution in [-0.4, -0.2) is 6.54 Å². The second-order valence-corrected chi connectivity index (χ2v) is 4.32. The van der Waals surface area contributed by atoms with Gasteiger partial charge in [-0.05, 0) is 35.9 Å². The standard InChI is InChI=1S/C9H13NS/c1-6-4-9-7(2-3-11-9)8(6)5-10/h2-3,6,8H,4-5,10H2,1H3. The van der Waals surface area contributed by atoms with E-state index >= 15 is 0 Å². The zero-order valence-electron chi connectivity index (χ0n) is 6.71. The summed E-state index contributed by atoms with van der Waals surface area (Å²) in [5.74, 6) is 1.40. The monoisotopic (exact) mass is 167 g/mol. The van der Waals surface area contributed by atoms with Gasteiger partial charge in [0, 0.05) is 10.8 Å². The van der Waals surface area contributed by atoms with Crippen molar-refractivity contribution in [1.82, 2.24) is 0 Å². The van der Waals surface area contributed by atoms with E-state index in [2.05, 4.69) is 18.4 Å². The van der Waals surface area contributed by atoms with Gasteiger partial charge < -0.3 is 5.73 Å². The quantitative estimate of drug-likeness (QED) is 0.680. The molecule has 2 N–H and O–H groups in total. The molecule has 60 valence electrons. The molecule has 0 saturated carbocycles. The number of fused-ring (bicyclic) bond motifs is 1. The van der Waals surface area contributed by atoms with Crippen molar-refractivity contribution in [2.24, 2.45) is 11.7 Å². The van der Waals surface area contributed by atoms with E-state index in [0.717, 1.165) is 12.5 Å². The summed E-state index contributed by atoms with van der Waals surface area (Å²) in [6.07, 6.45) is 1.24. The lowest BCUT2D eigenvalue weighted by Gasteiger charge is -2.12. The van der Waals surface area contributed by atoms with Crippen LogP contribution in [0.15, 0.2) is 11.4 Å². The highest BCUT2D eigenvalue weighted by Gasteiger charge is 2.28. The van der Waals surface area contributed by atoms with Gasteiger partial charge in [0.15, 0.2) is 0 Å². The molecule has 1 aliphatic carbocycles. The summed E-state index contributed by atoms with van der Waals surface area (Å²) >= 11 is 1.88. The van der Waals surface area contributed by atoms with E-state index in [1.54, 1.807) is 4.88 Å². The summed E-state index contributed by atoms with van der Waals surface area (Å²) in [7, 11) is 0. The lowest BCUT2D eigenvalue weighted by atomic mass is 9.95. The minimum Gasteiger partial charge on any atom is -0.330 e. The van der Waals surface area contributed by atoms with Crippen LogP contribution in [0.3, 0.4) is 0 Å². The van der Waals surface area contributed by atoms with Gasteiger partial charge in [-0.25, -0.2) is 0 Å². The average molecular weight is 167 g/mol. The third kappa shape index (κ3) is 1.01. The van der Waals surface area contributed by atoms with Gasteiger partial charge in [0.1, 0.15) is 0 Å². The molecule has 1 aliphatic rings. The van der Waals surface area contributed by atoms with Crippen LogP contribution in [0.2, 0.25) is 0 Å². The Bertz CT molecular complexity index is 254. The number of hydrogen-bond donors (Lipinski definition) is 1. The van der Waals surface area contributed by atoms with Crippen molar-refractivity contribution in [3.05, 3.63) is 21.9 Å². The smallest absolute Gasteiger partial charge is 0.00835 e. The molecule has 2 heteroatoms. The first-order chi connectivity index (χ1) is 5.33. The first-order valence-electron chi connectivity index (χ1n) is 4.09. The lowest BCUT2D eigenvalue weighted by Crippen LogP contribution is -2.15. The molecule has 0 saturated heterocycles. The first-order valence-corrected chi connectivity index (χ1v) is 4.97. The average Bonchev–Trinajstić information content (AvgIpc) is 2.46. The van der Waals surface area contributed by atoms with Crippen molar-refractivity contribution in [3.8, 4) is 0 Å². The van der Waals surface area contributed by atoms with Gasteiger partial charge >= 0.3 is 0 Å². The first kappa shape index (κ1) is 7.32. The molecule has 2 atom stereocenters. The van der Waals surface area contributed by atoms with Crippen LogP contribution in [0.1, 0.15) is 23.3 Å². The van der Waals surface area contributed by atoms with Gasteiger partial charge in [0.25, 0.3) is 0 Å². The number of rotatable bonds is 1. The Hall–Kier alpha value is -0.340. The fourth-order valence-corrected chi connectivity index (χ4v) is 3.04. The summed E-state index contributed by atoms with van der Waals surface area (Å²) in [4.78, 5) is 1.56. The second kappa shape index (κ2) is 2.61. The number of hydrogen-bond acceptors (Lipinski definition) is 2. The van der Waals surface area contributed by atoms with Crippen molar-refractivity contribution in [1.29, 1.82) is 0 Å². The van der Waals surface area contributed by atoms with Gasteiger partial charge in [-0.15, -0.1) is 11.3 Å². The van der Waals surface area contributed by atoms with Crippen molar-refractivity contribution in [2.75, 3.05) is 6.54 Å². The fraction of sp³-hybridized carbons (Fsp3) is 0.556. The van der Waals surface area contributed by atoms with Gasteiger partial charge in [-0.1, -0.05) is 6.92 Å². The normalized spacial score (nSPS) is 28.9. The minimum absolute atomic E-state index is 0.635. The molecule has 0 spiro atoms. The highest BCUT2D eigenvalue weighted by atomic mass is 32.1. The number of thiophene rings is 1. The summed E-state index contributed by atoms with van der Waals surface area (Å²) in [6.45, 7) is 3.11. The highest BCUT2D eigenvalue weighted by molar-refractivity contribution is 7.10. The molecule has 1 nitrogen and oxygen atoms in total. The summed E-state index contributed by atoms with van der Waals surface area (Å²) < 4.78 is 0. The second-order valence-electron chi connectivity index (χ2n) is 3.32. The maximum atomic E-state index is 5.70. The fourth-order valence-electron chi connectivity index (χ4n) is 1.95. The van der Waals surface area contributed by atoms with Crippen LogP contribution in [0.25, 0.3) is 0 Å². The topological polar surface area (TPSA) is 26.0 Å². The molecule has 2 unspecified atom stereocenters. The van der Waals surface area contributed by atoms with Crippen molar-refractivity contribution < 1.29 is 0 Å². The Morgan fingerprint density at radius 3 is 3.27 bits per heavy atom. The zero-order valence-corrected chi connectivity index (χ0v) is 7.53. The molecule has 0 amide bonds. The molecular formula is C9H13NS. The van der Waals surface area contributed by atoms with Gasteiger partial charge in [0.05, 0.1) is 0 Å². The Balaban J connectivity index is 2.35. The molecule has 1 heterocycles. The maximum Gasteiger partial charge on any atom is 0.00835 e. The molecule has 2 rings (SSSR count). The molecule has 1 aromatic rings. The van der Waals surface area contributed by atoms with E-state index in [-0.39, 0.29) is 0 Å². The van der Waals surface area contributed by atoms with Crippen molar-refractivity contribution in [2.45, 2.75) is 19.3 Å². The van der Waals surface area contributed by atoms with E-state index in [0.29, 0.717) is 5.92 Å². The third-order valence-electron chi connectivity index (χ3n) is 2.63. The molecule has 0 radical (unpaired) electrons. The van der Waals surface area contributed by atoms with E-state index < -0.39 is 0 Å².